The molecule has 138 valence electrons. The van der Waals surface area contributed by atoms with Gasteiger partial charge in [-0.2, -0.15) is 13.9 Å². The van der Waals surface area contributed by atoms with E-state index in [2.05, 4.69) is 5.10 Å². The minimum absolute atomic E-state index is 0.0716. The molecule has 25 heavy (non-hydrogen) atoms. The number of rotatable bonds is 2. The Labute approximate surface area is 139 Å². The third-order valence-electron chi connectivity index (χ3n) is 3.47. The zero-order valence-corrected chi connectivity index (χ0v) is 13.1. The quantitative estimate of drug-likeness (QED) is 0.581. The van der Waals surface area contributed by atoms with Crippen LogP contribution in [0.15, 0.2) is 6.07 Å². The Morgan fingerprint density at radius 2 is 2.08 bits per heavy atom. The summed E-state index contributed by atoms with van der Waals surface area (Å²) < 4.78 is 53.4. The van der Waals surface area contributed by atoms with Gasteiger partial charge >= 0.3 is 17.7 Å². The third-order valence-corrected chi connectivity index (χ3v) is 3.47. The number of aromatic nitrogens is 2. The molecule has 1 saturated heterocycles. The van der Waals surface area contributed by atoms with Gasteiger partial charge in [-0.25, -0.2) is 8.78 Å². The van der Waals surface area contributed by atoms with Crippen molar-refractivity contribution in [1.29, 1.82) is 0 Å². The van der Waals surface area contributed by atoms with Gasteiger partial charge in [-0.15, -0.1) is 0 Å². The molecule has 0 aromatic carbocycles. The van der Waals surface area contributed by atoms with Crippen LogP contribution >= 0.6 is 0 Å². The van der Waals surface area contributed by atoms with Gasteiger partial charge in [0, 0.05) is 26.2 Å². The van der Waals surface area contributed by atoms with E-state index in [1.54, 1.807) is 0 Å². The molecule has 0 aliphatic carbocycles. The summed E-state index contributed by atoms with van der Waals surface area (Å²) in [6.07, 6.45) is -2.66. The van der Waals surface area contributed by atoms with Crippen LogP contribution in [-0.4, -0.2) is 58.0 Å². The lowest BCUT2D eigenvalue weighted by Crippen LogP contribution is -2.54. The molecule has 1 aliphatic heterocycles. The summed E-state index contributed by atoms with van der Waals surface area (Å²) in [4.78, 5) is 35.7. The lowest BCUT2D eigenvalue weighted by atomic mass is 10.2. The maximum atomic E-state index is 13.6. The summed E-state index contributed by atoms with van der Waals surface area (Å²) in [6.45, 7) is -1.50. The molecule has 8 nitrogen and oxygen atoms in total. The molecule has 0 bridgehead atoms. The Kier molecular flexibility index (Phi) is 5.28. The number of halogens is 4. The molecule has 0 atom stereocenters. The van der Waals surface area contributed by atoms with Crippen LogP contribution in [0.1, 0.15) is 18.5 Å². The molecule has 0 saturated carbocycles. The summed E-state index contributed by atoms with van der Waals surface area (Å²) >= 11 is 0. The van der Waals surface area contributed by atoms with Gasteiger partial charge in [-0.05, 0) is 6.42 Å². The monoisotopic (exact) mass is 365 g/mol. The van der Waals surface area contributed by atoms with E-state index in [-0.39, 0.29) is 25.3 Å². The first-order valence-electron chi connectivity index (χ1n) is 7.20. The number of hydrogen-bond acceptors (Lipinski definition) is 4. The van der Waals surface area contributed by atoms with Crippen molar-refractivity contribution < 1.29 is 31.9 Å². The molecule has 1 aromatic heterocycles. The third kappa shape index (κ3) is 4.25. The van der Waals surface area contributed by atoms with E-state index >= 15 is 0 Å². The summed E-state index contributed by atoms with van der Waals surface area (Å²) in [5, 5.41) is 7.60. The summed E-state index contributed by atoms with van der Waals surface area (Å²) in [7, 11) is 1.22. The van der Waals surface area contributed by atoms with Crippen LogP contribution in [0.3, 0.4) is 0 Å². The Balaban J connectivity index is 2.09. The van der Waals surface area contributed by atoms with Crippen LogP contribution in [0.4, 0.5) is 23.4 Å². The highest BCUT2D eigenvalue weighted by molar-refractivity contribution is 6.39. The number of nitrogens with one attached hydrogen (secondary N) is 2. The normalized spacial score (nSPS) is 17.7. The number of amides is 3. The van der Waals surface area contributed by atoms with E-state index in [9.17, 15) is 31.9 Å². The number of hydrogen-bond donors (Lipinski definition) is 2. The second-order valence-electron chi connectivity index (χ2n) is 5.37. The summed E-state index contributed by atoms with van der Waals surface area (Å²) in [5.74, 6) is -8.30. The fourth-order valence-corrected chi connectivity index (χ4v) is 2.23. The molecule has 2 heterocycles. The molecule has 2 N–H and O–H groups in total. The van der Waals surface area contributed by atoms with Gasteiger partial charge in [0.2, 0.25) is 0 Å². The van der Waals surface area contributed by atoms with Crippen LogP contribution in [0.25, 0.3) is 0 Å². The van der Waals surface area contributed by atoms with E-state index in [1.807, 2.05) is 10.6 Å². The number of carbonyl (C=O) groups excluding carboxylic acids is 3. The smallest absolute Gasteiger partial charge is 0.341 e. The lowest BCUT2D eigenvalue weighted by Gasteiger charge is -2.28. The van der Waals surface area contributed by atoms with E-state index in [0.717, 1.165) is 10.7 Å². The SMILES string of the molecule is Cn1nc(NC(=O)C(=O)N2CCCNC(=O)C(F)(F)C2)cc1C(F)F. The van der Waals surface area contributed by atoms with Crippen LogP contribution in [0.2, 0.25) is 0 Å². The van der Waals surface area contributed by atoms with Crippen molar-refractivity contribution in [3.8, 4) is 0 Å². The Hall–Kier alpha value is -2.66. The van der Waals surface area contributed by atoms with E-state index in [0.29, 0.717) is 4.90 Å². The minimum atomic E-state index is -3.84. The minimum Gasteiger partial charge on any atom is -0.351 e. The molecular formula is C13H15F4N5O3. The van der Waals surface area contributed by atoms with Crippen LogP contribution in [-0.2, 0) is 21.4 Å². The molecular weight excluding hydrogens is 350 g/mol. The van der Waals surface area contributed by atoms with Crippen molar-refractivity contribution in [2.45, 2.75) is 18.8 Å². The standard InChI is InChI=1S/C13H15F4N5O3/c1-21-7(9(14)15)5-8(20-21)19-10(23)11(24)22-4-2-3-18-12(25)13(16,17)6-22/h5,9H,2-4,6H2,1H3,(H,18,25)(H,19,20,23). The maximum absolute atomic E-state index is 13.6. The van der Waals surface area contributed by atoms with Gasteiger partial charge in [0.1, 0.15) is 5.69 Å². The Bertz CT molecular complexity index is 691. The molecule has 0 spiro atoms. The molecule has 0 unspecified atom stereocenters. The van der Waals surface area contributed by atoms with Gasteiger partial charge < -0.3 is 15.5 Å². The van der Waals surface area contributed by atoms with Crippen LogP contribution in [0, 0.1) is 0 Å². The van der Waals surface area contributed by atoms with Gasteiger partial charge in [0.25, 0.3) is 12.3 Å². The number of alkyl halides is 4. The average Bonchev–Trinajstić information content (AvgIpc) is 2.88. The van der Waals surface area contributed by atoms with Crippen molar-refractivity contribution >= 4 is 23.5 Å². The predicted octanol–water partition coefficient (Wildman–Crippen LogP) is 0.280. The van der Waals surface area contributed by atoms with Crippen molar-refractivity contribution in [2.75, 3.05) is 25.0 Å². The first-order valence-corrected chi connectivity index (χ1v) is 7.20. The van der Waals surface area contributed by atoms with Crippen molar-refractivity contribution in [3.63, 3.8) is 0 Å². The zero-order valence-electron chi connectivity index (χ0n) is 13.1. The van der Waals surface area contributed by atoms with Gasteiger partial charge in [0.15, 0.2) is 5.82 Å². The molecule has 3 amide bonds. The lowest BCUT2D eigenvalue weighted by molar-refractivity contribution is -0.156. The summed E-state index contributed by atoms with van der Waals surface area (Å²) in [6, 6.07) is 0.866. The van der Waals surface area contributed by atoms with Crippen LogP contribution < -0.4 is 10.6 Å². The summed E-state index contributed by atoms with van der Waals surface area (Å²) in [5.41, 5.74) is -0.489. The van der Waals surface area contributed by atoms with Gasteiger partial charge in [-0.1, -0.05) is 0 Å². The first-order chi connectivity index (χ1) is 11.6. The average molecular weight is 365 g/mol. The van der Waals surface area contributed by atoms with E-state index < -0.39 is 42.3 Å². The molecule has 12 heteroatoms. The number of anilines is 1. The molecule has 0 radical (unpaired) electrons. The highest BCUT2D eigenvalue weighted by Gasteiger charge is 2.43. The van der Waals surface area contributed by atoms with Crippen molar-refractivity contribution in [1.82, 2.24) is 20.0 Å². The molecule has 1 aromatic rings. The topological polar surface area (TPSA) is 96.3 Å². The largest absolute Gasteiger partial charge is 0.351 e. The fourth-order valence-electron chi connectivity index (χ4n) is 2.23. The number of aryl methyl sites for hydroxylation is 1. The predicted molar refractivity (Wildman–Crippen MR) is 75.9 cm³/mol. The van der Waals surface area contributed by atoms with Crippen molar-refractivity contribution in [2.24, 2.45) is 7.05 Å². The molecule has 1 fully saturated rings. The second kappa shape index (κ2) is 7.07. The second-order valence-corrected chi connectivity index (χ2v) is 5.37. The Morgan fingerprint density at radius 3 is 2.68 bits per heavy atom. The molecule has 1 aliphatic rings. The number of nitrogens with zero attached hydrogens (tertiary/aromatic N) is 3. The molecule has 2 rings (SSSR count). The maximum Gasteiger partial charge on any atom is 0.341 e. The Morgan fingerprint density at radius 1 is 1.40 bits per heavy atom. The van der Waals surface area contributed by atoms with E-state index in [4.69, 9.17) is 0 Å². The van der Waals surface area contributed by atoms with Gasteiger partial charge in [-0.3, -0.25) is 19.1 Å². The number of carbonyl (C=O) groups is 3. The first kappa shape index (κ1) is 18.7. The van der Waals surface area contributed by atoms with Crippen LogP contribution in [0.5, 0.6) is 0 Å². The van der Waals surface area contributed by atoms with E-state index in [1.165, 1.54) is 7.05 Å². The fraction of sp³-hybridized carbons (Fsp3) is 0.538. The zero-order chi connectivity index (χ0) is 18.8. The van der Waals surface area contributed by atoms with Gasteiger partial charge in [0.05, 0.1) is 6.54 Å². The highest BCUT2D eigenvalue weighted by Crippen LogP contribution is 2.21. The highest BCUT2D eigenvalue weighted by atomic mass is 19.3. The van der Waals surface area contributed by atoms with Crippen molar-refractivity contribution in [3.05, 3.63) is 11.8 Å².